The minimum absolute atomic E-state index is 0.0409. The number of nitrogens with zero attached hydrogens (tertiary/aromatic N) is 5. The molecule has 0 spiro atoms. The van der Waals surface area contributed by atoms with E-state index < -0.39 is 4.92 Å². The average molecular weight is 458 g/mol. The molecule has 1 amide bonds. The minimum Gasteiger partial charge on any atom is -0.308 e. The van der Waals surface area contributed by atoms with Crippen molar-refractivity contribution in [3.8, 4) is 0 Å². The molecule has 9 nitrogen and oxygen atoms in total. The topological polar surface area (TPSA) is 108 Å². The molecule has 0 saturated heterocycles. The van der Waals surface area contributed by atoms with E-state index in [-0.39, 0.29) is 41.9 Å². The van der Waals surface area contributed by atoms with Crippen molar-refractivity contribution in [3.05, 3.63) is 67.0 Å². The molecule has 0 aliphatic heterocycles. The normalized spacial score (nSPS) is 10.9. The summed E-state index contributed by atoms with van der Waals surface area (Å²) < 4.78 is 2.92. The lowest BCUT2D eigenvalue weighted by atomic mass is 10.2. The Morgan fingerprint density at radius 1 is 1.24 bits per heavy atom. The molecule has 0 atom stereocenters. The number of amides is 1. The number of carbonyl (C=O) groups is 1. The number of benzene rings is 1. The van der Waals surface area contributed by atoms with Crippen LogP contribution >= 0.6 is 34.8 Å². The number of aromatic nitrogens is 4. The van der Waals surface area contributed by atoms with Gasteiger partial charge in [0.25, 0.3) is 0 Å². The number of anilines is 1. The second-order valence-corrected chi connectivity index (χ2v) is 7.34. The third kappa shape index (κ3) is 4.87. The van der Waals surface area contributed by atoms with Crippen molar-refractivity contribution in [2.24, 2.45) is 0 Å². The molecule has 0 saturated carbocycles. The maximum absolute atomic E-state index is 12.2. The average Bonchev–Trinajstić information content (AvgIpc) is 3.19. The van der Waals surface area contributed by atoms with Crippen LogP contribution in [0.3, 0.4) is 0 Å². The second kappa shape index (κ2) is 8.81. The number of nitro groups is 1. The molecule has 3 aromatic rings. The molecule has 0 aliphatic carbocycles. The van der Waals surface area contributed by atoms with Crippen LogP contribution in [0.4, 0.5) is 11.5 Å². The fourth-order valence-corrected chi connectivity index (χ4v) is 3.37. The third-order valence-corrected chi connectivity index (χ3v) is 5.17. The summed E-state index contributed by atoms with van der Waals surface area (Å²) in [5.41, 5.74) is 0.968. The number of halogens is 3. The first-order valence-corrected chi connectivity index (χ1v) is 9.52. The summed E-state index contributed by atoms with van der Waals surface area (Å²) >= 11 is 18.5. The highest BCUT2D eigenvalue weighted by molar-refractivity contribution is 6.36. The van der Waals surface area contributed by atoms with Crippen molar-refractivity contribution >= 4 is 52.2 Å². The van der Waals surface area contributed by atoms with Crippen LogP contribution < -0.4 is 5.32 Å². The van der Waals surface area contributed by atoms with Gasteiger partial charge in [-0.25, -0.2) is 0 Å². The first-order valence-electron chi connectivity index (χ1n) is 8.38. The van der Waals surface area contributed by atoms with E-state index in [9.17, 15) is 14.9 Å². The molecule has 0 radical (unpaired) electrons. The molecule has 1 aromatic carbocycles. The van der Waals surface area contributed by atoms with Crippen molar-refractivity contribution in [2.45, 2.75) is 26.4 Å². The van der Waals surface area contributed by atoms with Crippen LogP contribution in [0.5, 0.6) is 0 Å². The summed E-state index contributed by atoms with van der Waals surface area (Å²) in [6.07, 6.45) is 2.75. The lowest BCUT2D eigenvalue weighted by Gasteiger charge is -2.07. The molecule has 2 heterocycles. The Morgan fingerprint density at radius 3 is 2.55 bits per heavy atom. The van der Waals surface area contributed by atoms with Gasteiger partial charge < -0.3 is 5.32 Å². The van der Waals surface area contributed by atoms with Crippen molar-refractivity contribution in [2.75, 3.05) is 5.32 Å². The Labute approximate surface area is 180 Å². The van der Waals surface area contributed by atoms with Gasteiger partial charge in [-0.2, -0.15) is 10.2 Å². The molecule has 2 aromatic heterocycles. The van der Waals surface area contributed by atoms with Crippen LogP contribution in [0.1, 0.15) is 17.7 Å². The zero-order valence-corrected chi connectivity index (χ0v) is 17.4. The summed E-state index contributed by atoms with van der Waals surface area (Å²) in [6.45, 7) is 2.03. The van der Waals surface area contributed by atoms with Gasteiger partial charge in [-0.3, -0.25) is 24.3 Å². The quantitative estimate of drug-likeness (QED) is 0.419. The standard InChI is InChI=1S/C17H15Cl3N6O3/c1-10-15(26(28)29)7-21-25(10)6-5-16(27)22-17-14(20)9-24(23-17)8-11-12(18)3-2-4-13(11)19/h2-4,7,9H,5-6,8H2,1H3,(H,22,23,27). The number of hydrogen-bond acceptors (Lipinski definition) is 5. The van der Waals surface area contributed by atoms with Crippen LogP contribution in [0.15, 0.2) is 30.6 Å². The van der Waals surface area contributed by atoms with Crippen LogP contribution in [-0.2, 0) is 17.9 Å². The van der Waals surface area contributed by atoms with Gasteiger partial charge in [0.2, 0.25) is 5.91 Å². The van der Waals surface area contributed by atoms with E-state index >= 15 is 0 Å². The number of carbonyl (C=O) groups excluding carboxylic acids is 1. The van der Waals surface area contributed by atoms with Gasteiger partial charge in [-0.15, -0.1) is 0 Å². The predicted octanol–water partition coefficient (Wildman–Crippen LogP) is 4.33. The molecule has 0 fully saturated rings. The van der Waals surface area contributed by atoms with E-state index in [1.54, 1.807) is 31.3 Å². The van der Waals surface area contributed by atoms with Gasteiger partial charge in [-0.1, -0.05) is 40.9 Å². The highest BCUT2D eigenvalue weighted by Gasteiger charge is 2.17. The van der Waals surface area contributed by atoms with Crippen LogP contribution in [0.25, 0.3) is 0 Å². The van der Waals surface area contributed by atoms with Crippen molar-refractivity contribution in [3.63, 3.8) is 0 Å². The highest BCUT2D eigenvalue weighted by Crippen LogP contribution is 2.27. The summed E-state index contributed by atoms with van der Waals surface area (Å²) in [4.78, 5) is 22.6. The van der Waals surface area contributed by atoms with Gasteiger partial charge in [-0.05, 0) is 19.1 Å². The van der Waals surface area contributed by atoms with Crippen LogP contribution in [-0.4, -0.2) is 30.4 Å². The first kappa shape index (κ1) is 21.1. The zero-order valence-electron chi connectivity index (χ0n) is 15.1. The maximum atomic E-state index is 12.2. The highest BCUT2D eigenvalue weighted by atomic mass is 35.5. The smallest absolute Gasteiger partial charge is 0.308 e. The first-order chi connectivity index (χ1) is 13.8. The SMILES string of the molecule is Cc1c([N+](=O)[O-])cnn1CCC(=O)Nc1nn(Cc2c(Cl)cccc2Cl)cc1Cl. The second-order valence-electron chi connectivity index (χ2n) is 6.12. The van der Waals surface area contributed by atoms with E-state index in [4.69, 9.17) is 34.8 Å². The molecule has 0 aliphatic rings. The molecule has 152 valence electrons. The minimum atomic E-state index is -0.517. The van der Waals surface area contributed by atoms with Gasteiger partial charge in [0.15, 0.2) is 5.82 Å². The third-order valence-electron chi connectivity index (χ3n) is 4.18. The maximum Gasteiger partial charge on any atom is 0.309 e. The number of nitrogens with one attached hydrogen (secondary N) is 1. The molecule has 0 bridgehead atoms. The largest absolute Gasteiger partial charge is 0.309 e. The lowest BCUT2D eigenvalue weighted by molar-refractivity contribution is -0.385. The molecule has 3 rings (SSSR count). The van der Waals surface area contributed by atoms with E-state index in [1.165, 1.54) is 9.36 Å². The van der Waals surface area contributed by atoms with Crippen molar-refractivity contribution < 1.29 is 9.72 Å². The van der Waals surface area contributed by atoms with Gasteiger partial charge in [0.1, 0.15) is 16.9 Å². The number of hydrogen-bond donors (Lipinski definition) is 1. The molecular formula is C17H15Cl3N6O3. The van der Waals surface area contributed by atoms with Gasteiger partial charge in [0.05, 0.1) is 18.0 Å². The van der Waals surface area contributed by atoms with E-state index in [0.717, 1.165) is 6.20 Å². The fraction of sp³-hybridized carbons (Fsp3) is 0.235. The summed E-state index contributed by atoms with van der Waals surface area (Å²) in [6, 6.07) is 5.18. The fourth-order valence-electron chi connectivity index (χ4n) is 2.65. The molecule has 1 N–H and O–H groups in total. The summed E-state index contributed by atoms with van der Waals surface area (Å²) in [7, 11) is 0. The molecule has 29 heavy (non-hydrogen) atoms. The Bertz CT molecular complexity index is 1060. The van der Waals surface area contributed by atoms with E-state index in [1.807, 2.05) is 0 Å². The summed E-state index contributed by atoms with van der Waals surface area (Å²) in [5.74, 6) is -0.159. The Morgan fingerprint density at radius 2 is 1.93 bits per heavy atom. The van der Waals surface area contributed by atoms with Gasteiger partial charge in [0, 0.05) is 28.2 Å². The summed E-state index contributed by atoms with van der Waals surface area (Å²) in [5, 5.41) is 22.9. The van der Waals surface area contributed by atoms with E-state index in [2.05, 4.69) is 15.5 Å². The van der Waals surface area contributed by atoms with Gasteiger partial charge >= 0.3 is 5.69 Å². The molecular weight excluding hydrogens is 443 g/mol. The number of rotatable bonds is 7. The number of aryl methyl sites for hydroxylation is 1. The van der Waals surface area contributed by atoms with Crippen molar-refractivity contribution in [1.82, 2.24) is 19.6 Å². The van der Waals surface area contributed by atoms with Crippen LogP contribution in [0.2, 0.25) is 15.1 Å². The zero-order chi connectivity index (χ0) is 21.1. The van der Waals surface area contributed by atoms with Crippen molar-refractivity contribution in [1.29, 1.82) is 0 Å². The lowest BCUT2D eigenvalue weighted by Crippen LogP contribution is -2.16. The Balaban J connectivity index is 1.63. The van der Waals surface area contributed by atoms with E-state index in [0.29, 0.717) is 21.3 Å². The predicted molar refractivity (Wildman–Crippen MR) is 110 cm³/mol. The monoisotopic (exact) mass is 456 g/mol. The van der Waals surface area contributed by atoms with Crippen LogP contribution in [0, 0.1) is 17.0 Å². The Hall–Kier alpha value is -2.62. The Kier molecular flexibility index (Phi) is 6.41. The molecule has 0 unspecified atom stereocenters. The molecule has 12 heteroatoms.